The highest BCUT2D eigenvalue weighted by atomic mass is 16.3. The van der Waals surface area contributed by atoms with Crippen LogP contribution < -0.4 is 5.43 Å². The summed E-state index contributed by atoms with van der Waals surface area (Å²) in [7, 11) is 0. The predicted octanol–water partition coefficient (Wildman–Crippen LogP) is 1.56. The van der Waals surface area contributed by atoms with E-state index in [9.17, 15) is 9.90 Å². The second-order valence-electron chi connectivity index (χ2n) is 4.95. The zero-order valence-electron chi connectivity index (χ0n) is 12.5. The smallest absolute Gasteiger partial charge is 0.223 e. The summed E-state index contributed by atoms with van der Waals surface area (Å²) in [4.78, 5) is 13.8. The summed E-state index contributed by atoms with van der Waals surface area (Å²) in [6.07, 6.45) is 4.18. The molecular formula is C15H26N2O3. The molecule has 114 valence electrons. The maximum absolute atomic E-state index is 11.6. The maximum Gasteiger partial charge on any atom is 0.223 e. The average Bonchev–Trinajstić information content (AvgIpc) is 2.45. The van der Waals surface area contributed by atoms with Crippen LogP contribution in [-0.4, -0.2) is 39.4 Å². The Morgan fingerprint density at radius 3 is 2.50 bits per heavy atom. The SMILES string of the molecule is CCN(CC)Cc1cc(=O)c(O)cn1CCCCCO. The summed E-state index contributed by atoms with van der Waals surface area (Å²) in [5.41, 5.74) is 0.610. The lowest BCUT2D eigenvalue weighted by atomic mass is 10.2. The van der Waals surface area contributed by atoms with Crippen molar-refractivity contribution in [1.82, 2.24) is 9.47 Å². The summed E-state index contributed by atoms with van der Waals surface area (Å²) < 4.78 is 1.95. The van der Waals surface area contributed by atoms with Gasteiger partial charge in [0.2, 0.25) is 5.43 Å². The first-order valence-corrected chi connectivity index (χ1v) is 7.37. The fourth-order valence-electron chi connectivity index (χ4n) is 2.19. The Hall–Kier alpha value is -1.33. The van der Waals surface area contributed by atoms with E-state index in [4.69, 9.17) is 5.11 Å². The van der Waals surface area contributed by atoms with Crippen LogP contribution in [0.4, 0.5) is 0 Å². The number of nitrogens with zero attached hydrogens (tertiary/aromatic N) is 2. The van der Waals surface area contributed by atoms with Gasteiger partial charge in [-0.15, -0.1) is 0 Å². The number of aliphatic hydroxyl groups is 1. The number of aliphatic hydroxyl groups excluding tert-OH is 1. The molecule has 0 aliphatic heterocycles. The lowest BCUT2D eigenvalue weighted by Crippen LogP contribution is -2.25. The Labute approximate surface area is 120 Å². The lowest BCUT2D eigenvalue weighted by Gasteiger charge is -2.21. The molecule has 5 nitrogen and oxygen atoms in total. The van der Waals surface area contributed by atoms with Crippen LogP contribution in [-0.2, 0) is 13.1 Å². The van der Waals surface area contributed by atoms with Crippen molar-refractivity contribution in [2.75, 3.05) is 19.7 Å². The number of pyridine rings is 1. The van der Waals surface area contributed by atoms with Crippen LogP contribution in [0.25, 0.3) is 0 Å². The molecule has 0 radical (unpaired) electrons. The molecule has 5 heteroatoms. The Bertz CT molecular complexity index is 453. The molecule has 1 heterocycles. The highest BCUT2D eigenvalue weighted by molar-refractivity contribution is 5.20. The number of rotatable bonds is 9. The molecule has 0 unspecified atom stereocenters. The number of hydrogen-bond acceptors (Lipinski definition) is 4. The van der Waals surface area contributed by atoms with E-state index in [1.807, 2.05) is 4.57 Å². The number of unbranched alkanes of at least 4 members (excludes halogenated alkanes) is 2. The topological polar surface area (TPSA) is 65.7 Å². The number of hydrogen-bond donors (Lipinski definition) is 2. The number of aromatic nitrogens is 1. The van der Waals surface area contributed by atoms with Crippen molar-refractivity contribution >= 4 is 0 Å². The van der Waals surface area contributed by atoms with Crippen molar-refractivity contribution in [1.29, 1.82) is 0 Å². The molecule has 0 bridgehead atoms. The Kier molecular flexibility index (Phi) is 7.33. The fourth-order valence-corrected chi connectivity index (χ4v) is 2.19. The molecule has 0 atom stereocenters. The molecule has 0 saturated heterocycles. The van der Waals surface area contributed by atoms with E-state index in [2.05, 4.69) is 18.7 Å². The molecule has 1 aromatic rings. The second kappa shape index (κ2) is 8.76. The van der Waals surface area contributed by atoms with Gasteiger partial charge in [0.1, 0.15) is 0 Å². The largest absolute Gasteiger partial charge is 0.503 e. The van der Waals surface area contributed by atoms with Crippen molar-refractivity contribution in [3.05, 3.63) is 28.2 Å². The van der Waals surface area contributed by atoms with Crippen LogP contribution in [0.3, 0.4) is 0 Å². The third kappa shape index (κ3) is 4.98. The molecule has 0 aliphatic carbocycles. The molecule has 2 N–H and O–H groups in total. The molecular weight excluding hydrogens is 256 g/mol. The Balaban J connectivity index is 2.83. The van der Waals surface area contributed by atoms with Gasteiger partial charge < -0.3 is 14.8 Å². The van der Waals surface area contributed by atoms with Gasteiger partial charge in [0.15, 0.2) is 5.75 Å². The molecule has 1 aromatic heterocycles. The van der Waals surface area contributed by atoms with E-state index < -0.39 is 0 Å². The van der Waals surface area contributed by atoms with Gasteiger partial charge in [-0.25, -0.2) is 0 Å². The van der Waals surface area contributed by atoms with Gasteiger partial charge >= 0.3 is 0 Å². The molecule has 1 rings (SSSR count). The summed E-state index contributed by atoms with van der Waals surface area (Å²) in [6, 6.07) is 1.53. The summed E-state index contributed by atoms with van der Waals surface area (Å²) in [5.74, 6) is -0.199. The van der Waals surface area contributed by atoms with Gasteiger partial charge in [0.25, 0.3) is 0 Å². The van der Waals surface area contributed by atoms with Gasteiger partial charge in [0, 0.05) is 31.5 Å². The number of aryl methyl sites for hydroxylation is 1. The van der Waals surface area contributed by atoms with Crippen LogP contribution in [0.15, 0.2) is 17.1 Å². The average molecular weight is 282 g/mol. The van der Waals surface area contributed by atoms with E-state index >= 15 is 0 Å². The molecule has 0 aromatic carbocycles. The summed E-state index contributed by atoms with van der Waals surface area (Å²) in [5, 5.41) is 18.4. The number of aromatic hydroxyl groups is 1. The first-order chi connectivity index (χ1) is 9.62. The minimum absolute atomic E-state index is 0.199. The monoisotopic (exact) mass is 282 g/mol. The Morgan fingerprint density at radius 1 is 1.20 bits per heavy atom. The molecule has 0 fully saturated rings. The zero-order chi connectivity index (χ0) is 15.0. The van der Waals surface area contributed by atoms with Gasteiger partial charge in [-0.1, -0.05) is 13.8 Å². The van der Waals surface area contributed by atoms with Crippen LogP contribution >= 0.6 is 0 Å². The van der Waals surface area contributed by atoms with Gasteiger partial charge in [-0.3, -0.25) is 9.69 Å². The fraction of sp³-hybridized carbons (Fsp3) is 0.667. The third-order valence-corrected chi connectivity index (χ3v) is 3.53. The molecule has 0 saturated carbocycles. The quantitative estimate of drug-likeness (QED) is 0.675. The summed E-state index contributed by atoms with van der Waals surface area (Å²) in [6.45, 7) is 7.71. The second-order valence-corrected chi connectivity index (χ2v) is 4.95. The first kappa shape index (κ1) is 16.7. The minimum Gasteiger partial charge on any atom is -0.503 e. The van der Waals surface area contributed by atoms with Gasteiger partial charge in [-0.2, -0.15) is 0 Å². The molecule has 20 heavy (non-hydrogen) atoms. The molecule has 0 aliphatic rings. The highest BCUT2D eigenvalue weighted by Crippen LogP contribution is 2.10. The van der Waals surface area contributed by atoms with Crippen molar-refractivity contribution in [3.8, 4) is 5.75 Å². The van der Waals surface area contributed by atoms with Crippen molar-refractivity contribution in [3.63, 3.8) is 0 Å². The van der Waals surface area contributed by atoms with E-state index in [-0.39, 0.29) is 17.8 Å². The molecule has 0 amide bonds. The van der Waals surface area contributed by atoms with E-state index in [0.29, 0.717) is 6.54 Å². The van der Waals surface area contributed by atoms with Gasteiger partial charge in [-0.05, 0) is 32.4 Å². The minimum atomic E-state index is -0.321. The van der Waals surface area contributed by atoms with E-state index in [0.717, 1.165) is 44.6 Å². The van der Waals surface area contributed by atoms with Gasteiger partial charge in [0.05, 0.1) is 6.20 Å². The van der Waals surface area contributed by atoms with E-state index in [1.165, 1.54) is 12.3 Å². The normalized spacial score (nSPS) is 11.2. The van der Waals surface area contributed by atoms with Crippen LogP contribution in [0, 0.1) is 0 Å². The van der Waals surface area contributed by atoms with Crippen LogP contribution in [0.2, 0.25) is 0 Å². The van der Waals surface area contributed by atoms with Crippen molar-refractivity contribution in [2.45, 2.75) is 46.2 Å². The Morgan fingerprint density at radius 2 is 1.90 bits per heavy atom. The molecule has 0 spiro atoms. The first-order valence-electron chi connectivity index (χ1n) is 7.37. The third-order valence-electron chi connectivity index (χ3n) is 3.53. The standard InChI is InChI=1S/C15H26N2O3/c1-3-16(4-2)11-13-10-14(19)15(20)12-17(13)8-6-5-7-9-18/h10,12,18,20H,3-9,11H2,1-2H3. The van der Waals surface area contributed by atoms with E-state index in [1.54, 1.807) is 0 Å². The van der Waals surface area contributed by atoms with Crippen LogP contribution in [0.5, 0.6) is 5.75 Å². The maximum atomic E-state index is 11.6. The van der Waals surface area contributed by atoms with Crippen molar-refractivity contribution in [2.24, 2.45) is 0 Å². The highest BCUT2D eigenvalue weighted by Gasteiger charge is 2.09. The van der Waals surface area contributed by atoms with Crippen molar-refractivity contribution < 1.29 is 10.2 Å². The zero-order valence-corrected chi connectivity index (χ0v) is 12.5. The summed E-state index contributed by atoms with van der Waals surface area (Å²) >= 11 is 0. The predicted molar refractivity (Wildman–Crippen MR) is 79.9 cm³/mol. The lowest BCUT2D eigenvalue weighted by molar-refractivity contribution is 0.277. The van der Waals surface area contributed by atoms with Crippen LogP contribution in [0.1, 0.15) is 38.8 Å².